The molecule has 1 aromatic heterocycles. The Kier molecular flexibility index (Phi) is 3.72. The van der Waals surface area contributed by atoms with Gasteiger partial charge in [-0.15, -0.1) is 0 Å². The van der Waals surface area contributed by atoms with Gasteiger partial charge in [-0.2, -0.15) is 0 Å². The first kappa shape index (κ1) is 14.1. The maximum Gasteiger partial charge on any atom is 0.325 e. The number of nitrogens with zero attached hydrogens (tertiary/aromatic N) is 1. The minimum absolute atomic E-state index is 0.209. The molecule has 4 heteroatoms. The number of ether oxygens (including phenoxy) is 1. The van der Waals surface area contributed by atoms with Gasteiger partial charge in [0.15, 0.2) is 0 Å². The van der Waals surface area contributed by atoms with Crippen LogP contribution in [0.2, 0.25) is 0 Å². The number of hydrogen-bond donors (Lipinski definition) is 0. The molecular formula is C17H16BrNO2. The topological polar surface area (TPSA) is 31.2 Å². The van der Waals surface area contributed by atoms with E-state index < -0.39 is 0 Å². The van der Waals surface area contributed by atoms with Crippen molar-refractivity contribution in [3.63, 3.8) is 0 Å². The summed E-state index contributed by atoms with van der Waals surface area (Å²) < 4.78 is 8.15. The highest BCUT2D eigenvalue weighted by Gasteiger charge is 2.14. The molecule has 0 fully saturated rings. The van der Waals surface area contributed by atoms with Crippen molar-refractivity contribution in [1.29, 1.82) is 0 Å². The molecule has 3 aromatic rings. The van der Waals surface area contributed by atoms with Crippen LogP contribution in [0.15, 0.2) is 40.9 Å². The molecule has 0 spiro atoms. The highest BCUT2D eigenvalue weighted by atomic mass is 79.9. The summed E-state index contributed by atoms with van der Waals surface area (Å²) in [5, 5.41) is 2.31. The fraction of sp³-hybridized carbons (Fsp3) is 0.235. The molecule has 108 valence electrons. The van der Waals surface area contributed by atoms with Crippen LogP contribution in [0.3, 0.4) is 0 Å². The van der Waals surface area contributed by atoms with Crippen LogP contribution in [0.5, 0.6) is 0 Å². The highest BCUT2D eigenvalue weighted by Crippen LogP contribution is 2.31. The van der Waals surface area contributed by atoms with Gasteiger partial charge in [0.1, 0.15) is 6.54 Å². The van der Waals surface area contributed by atoms with Gasteiger partial charge in [-0.05, 0) is 44.2 Å². The second-order valence-corrected chi connectivity index (χ2v) is 5.99. The number of aromatic nitrogens is 1. The van der Waals surface area contributed by atoms with E-state index in [1.54, 1.807) is 0 Å². The van der Waals surface area contributed by atoms with Crippen LogP contribution < -0.4 is 0 Å². The van der Waals surface area contributed by atoms with Gasteiger partial charge in [0.25, 0.3) is 0 Å². The number of rotatable bonds is 3. The maximum absolute atomic E-state index is 11.9. The number of benzene rings is 2. The lowest BCUT2D eigenvalue weighted by Crippen LogP contribution is -2.13. The van der Waals surface area contributed by atoms with Crippen molar-refractivity contribution in [3.05, 3.63) is 46.4 Å². The predicted octanol–water partition coefficient (Wildman–Crippen LogP) is 4.43. The molecule has 0 aliphatic carbocycles. The second kappa shape index (κ2) is 5.53. The van der Waals surface area contributed by atoms with E-state index in [2.05, 4.69) is 47.1 Å². The van der Waals surface area contributed by atoms with Crippen molar-refractivity contribution in [2.45, 2.75) is 20.4 Å². The molecule has 0 radical (unpaired) electrons. The van der Waals surface area contributed by atoms with Crippen molar-refractivity contribution in [3.8, 4) is 0 Å². The molecule has 0 saturated carbocycles. The first-order chi connectivity index (χ1) is 10.1. The van der Waals surface area contributed by atoms with Crippen molar-refractivity contribution in [2.75, 3.05) is 6.61 Å². The van der Waals surface area contributed by atoms with Crippen LogP contribution in [-0.4, -0.2) is 17.1 Å². The van der Waals surface area contributed by atoms with E-state index >= 15 is 0 Å². The predicted molar refractivity (Wildman–Crippen MR) is 88.5 cm³/mol. The van der Waals surface area contributed by atoms with Gasteiger partial charge in [0.05, 0.1) is 6.61 Å². The number of halogens is 1. The smallest absolute Gasteiger partial charge is 0.325 e. The van der Waals surface area contributed by atoms with Gasteiger partial charge in [-0.1, -0.05) is 27.6 Å². The van der Waals surface area contributed by atoms with Gasteiger partial charge in [-0.25, -0.2) is 0 Å². The Morgan fingerprint density at radius 1 is 1.14 bits per heavy atom. The molecule has 0 aliphatic heterocycles. The van der Waals surface area contributed by atoms with Crippen LogP contribution >= 0.6 is 15.9 Å². The summed E-state index contributed by atoms with van der Waals surface area (Å²) in [6, 6.07) is 12.4. The minimum atomic E-state index is -0.209. The van der Waals surface area contributed by atoms with Crippen molar-refractivity contribution < 1.29 is 9.53 Å². The third-order valence-corrected chi connectivity index (χ3v) is 4.07. The summed E-state index contributed by atoms with van der Waals surface area (Å²) in [4.78, 5) is 11.9. The Balaban J connectivity index is 2.27. The largest absolute Gasteiger partial charge is 0.465 e. The first-order valence-corrected chi connectivity index (χ1v) is 7.73. The van der Waals surface area contributed by atoms with E-state index in [0.29, 0.717) is 6.61 Å². The fourth-order valence-corrected chi connectivity index (χ4v) is 3.06. The summed E-state index contributed by atoms with van der Waals surface area (Å²) in [5.41, 5.74) is 3.31. The first-order valence-electron chi connectivity index (χ1n) is 6.94. The normalized spacial score (nSPS) is 11.2. The summed E-state index contributed by atoms with van der Waals surface area (Å²) in [5.74, 6) is -0.209. The summed E-state index contributed by atoms with van der Waals surface area (Å²) in [7, 11) is 0. The van der Waals surface area contributed by atoms with Crippen LogP contribution in [-0.2, 0) is 16.1 Å². The molecule has 0 bridgehead atoms. The molecular weight excluding hydrogens is 330 g/mol. The lowest BCUT2D eigenvalue weighted by atomic mass is 10.1. The van der Waals surface area contributed by atoms with Crippen molar-refractivity contribution >= 4 is 43.7 Å². The number of esters is 1. The third-order valence-electron chi connectivity index (χ3n) is 3.57. The molecule has 1 heterocycles. The van der Waals surface area contributed by atoms with Gasteiger partial charge >= 0.3 is 5.97 Å². The highest BCUT2D eigenvalue weighted by molar-refractivity contribution is 9.10. The van der Waals surface area contributed by atoms with Crippen molar-refractivity contribution in [1.82, 2.24) is 4.57 Å². The average Bonchev–Trinajstić information content (AvgIpc) is 2.72. The lowest BCUT2D eigenvalue weighted by Gasteiger charge is -2.07. The molecule has 0 amide bonds. The molecule has 0 aliphatic rings. The quantitative estimate of drug-likeness (QED) is 0.657. The van der Waals surface area contributed by atoms with Gasteiger partial charge in [-0.3, -0.25) is 4.79 Å². The zero-order valence-electron chi connectivity index (χ0n) is 12.0. The monoisotopic (exact) mass is 345 g/mol. The molecule has 3 nitrogen and oxygen atoms in total. The van der Waals surface area contributed by atoms with E-state index in [1.807, 2.05) is 23.6 Å². The van der Waals surface area contributed by atoms with Gasteiger partial charge in [0, 0.05) is 26.3 Å². The van der Waals surface area contributed by atoms with Crippen molar-refractivity contribution in [2.24, 2.45) is 0 Å². The standard InChI is InChI=1S/C17H16BrNO2/c1-3-21-17(20)10-19-15-6-4-11(2)8-13(15)14-9-12(18)5-7-16(14)19/h4-9H,3,10H2,1-2H3. The van der Waals surface area contributed by atoms with Crippen LogP contribution in [0.4, 0.5) is 0 Å². The molecule has 2 aromatic carbocycles. The Bertz CT molecular complexity index is 776. The van der Waals surface area contributed by atoms with E-state index in [1.165, 1.54) is 5.56 Å². The molecule has 0 saturated heterocycles. The van der Waals surface area contributed by atoms with Gasteiger partial charge in [0.2, 0.25) is 0 Å². The zero-order valence-corrected chi connectivity index (χ0v) is 13.6. The molecule has 3 rings (SSSR count). The summed E-state index contributed by atoms with van der Waals surface area (Å²) >= 11 is 3.52. The van der Waals surface area contributed by atoms with E-state index in [4.69, 9.17) is 4.74 Å². The molecule has 0 unspecified atom stereocenters. The van der Waals surface area contributed by atoms with Crippen LogP contribution in [0.25, 0.3) is 21.8 Å². The Morgan fingerprint density at radius 2 is 1.81 bits per heavy atom. The minimum Gasteiger partial charge on any atom is -0.465 e. The van der Waals surface area contributed by atoms with Crippen LogP contribution in [0.1, 0.15) is 12.5 Å². The molecule has 21 heavy (non-hydrogen) atoms. The SMILES string of the molecule is CCOC(=O)Cn1c2ccc(C)cc2c2cc(Br)ccc21. The fourth-order valence-electron chi connectivity index (χ4n) is 2.70. The van der Waals surface area contributed by atoms with Crippen LogP contribution in [0, 0.1) is 6.92 Å². The number of hydrogen-bond acceptors (Lipinski definition) is 2. The third kappa shape index (κ3) is 2.56. The van der Waals surface area contributed by atoms with E-state index in [-0.39, 0.29) is 12.5 Å². The number of carbonyl (C=O) groups is 1. The Labute approximate surface area is 131 Å². The second-order valence-electron chi connectivity index (χ2n) is 5.07. The number of aryl methyl sites for hydroxylation is 1. The number of fused-ring (bicyclic) bond motifs is 3. The van der Waals surface area contributed by atoms with E-state index in [0.717, 1.165) is 26.3 Å². The van der Waals surface area contributed by atoms with E-state index in [9.17, 15) is 4.79 Å². The summed E-state index contributed by atoms with van der Waals surface area (Å²) in [6.07, 6.45) is 0. The number of carbonyl (C=O) groups excluding carboxylic acids is 1. The Morgan fingerprint density at radius 3 is 2.52 bits per heavy atom. The zero-order chi connectivity index (χ0) is 15.0. The average molecular weight is 346 g/mol. The maximum atomic E-state index is 11.9. The molecule has 0 atom stereocenters. The summed E-state index contributed by atoms with van der Waals surface area (Å²) in [6.45, 7) is 4.54. The Hall–Kier alpha value is -1.81. The lowest BCUT2D eigenvalue weighted by molar-refractivity contribution is -0.143. The molecule has 0 N–H and O–H groups in total. The van der Waals surface area contributed by atoms with Gasteiger partial charge < -0.3 is 9.30 Å².